The Labute approximate surface area is 211 Å². The van der Waals surface area contributed by atoms with E-state index in [1.54, 1.807) is 17.5 Å². The first-order valence-corrected chi connectivity index (χ1v) is 13.2. The molecular formula is C28H24N6OS. The quantitative estimate of drug-likeness (QED) is 0.270. The first kappa shape index (κ1) is 21.3. The second-order valence-electron chi connectivity index (χ2n) is 9.27. The molecule has 1 saturated carbocycles. The van der Waals surface area contributed by atoms with Crippen molar-refractivity contribution in [1.82, 2.24) is 30.1 Å². The van der Waals surface area contributed by atoms with Crippen LogP contribution < -0.4 is 4.74 Å². The lowest BCUT2D eigenvalue weighted by Crippen LogP contribution is -2.19. The van der Waals surface area contributed by atoms with E-state index in [1.165, 1.54) is 24.8 Å². The van der Waals surface area contributed by atoms with Crippen molar-refractivity contribution in [3.05, 3.63) is 65.7 Å². The van der Waals surface area contributed by atoms with Crippen molar-refractivity contribution in [1.29, 1.82) is 0 Å². The molecule has 6 aromatic rings. The molecule has 5 aromatic heterocycles. The van der Waals surface area contributed by atoms with Crippen molar-refractivity contribution in [2.75, 3.05) is 0 Å². The van der Waals surface area contributed by atoms with E-state index in [2.05, 4.69) is 54.1 Å². The summed E-state index contributed by atoms with van der Waals surface area (Å²) in [6.07, 6.45) is 11.7. The molecule has 1 aromatic carbocycles. The van der Waals surface area contributed by atoms with Crippen molar-refractivity contribution >= 4 is 33.3 Å². The fraction of sp³-hybridized carbons (Fsp3) is 0.214. The molecule has 2 N–H and O–H groups in total. The lowest BCUT2D eigenvalue weighted by molar-refractivity contribution is 0.154. The maximum Gasteiger partial charge on any atom is 0.159 e. The summed E-state index contributed by atoms with van der Waals surface area (Å²) in [4.78, 5) is 17.5. The van der Waals surface area contributed by atoms with Gasteiger partial charge in [-0.25, -0.2) is 4.98 Å². The number of rotatable bonds is 5. The molecule has 0 bridgehead atoms. The van der Waals surface area contributed by atoms with Crippen LogP contribution in [-0.2, 0) is 0 Å². The third-order valence-electron chi connectivity index (χ3n) is 6.88. The predicted octanol–water partition coefficient (Wildman–Crippen LogP) is 7.00. The van der Waals surface area contributed by atoms with Crippen molar-refractivity contribution in [2.24, 2.45) is 0 Å². The Kier molecular flexibility index (Phi) is 5.24. The van der Waals surface area contributed by atoms with Crippen LogP contribution in [0.4, 0.5) is 0 Å². The minimum absolute atomic E-state index is 0.277. The molecule has 36 heavy (non-hydrogen) atoms. The zero-order valence-corrected chi connectivity index (χ0v) is 20.4. The monoisotopic (exact) mass is 492 g/mol. The highest BCUT2D eigenvalue weighted by Crippen LogP contribution is 2.33. The SMILES string of the molecule is c1cc(-c2ccsc2)c2nc(-c3n[nH]c4cnc(-c5cncc(OC6CCCCC6)c5)cc34)[nH]c2c1. The Bertz CT molecular complexity index is 1660. The molecule has 0 atom stereocenters. The number of ether oxygens (including phenoxy) is 1. The first-order valence-electron chi connectivity index (χ1n) is 12.3. The molecule has 0 radical (unpaired) electrons. The Morgan fingerprint density at radius 2 is 1.89 bits per heavy atom. The lowest BCUT2D eigenvalue weighted by atomic mass is 9.98. The number of hydrogen-bond donors (Lipinski definition) is 2. The van der Waals surface area contributed by atoms with Crippen LogP contribution in [0.5, 0.6) is 5.75 Å². The van der Waals surface area contributed by atoms with Gasteiger partial charge in [0.15, 0.2) is 5.82 Å². The molecular weight excluding hydrogens is 468 g/mol. The number of hydrogen-bond acceptors (Lipinski definition) is 6. The number of para-hydroxylation sites is 1. The van der Waals surface area contributed by atoms with E-state index in [0.717, 1.165) is 68.9 Å². The molecule has 7 nitrogen and oxygen atoms in total. The van der Waals surface area contributed by atoms with E-state index in [1.807, 2.05) is 30.6 Å². The van der Waals surface area contributed by atoms with Crippen LogP contribution in [0.3, 0.4) is 0 Å². The Hall–Kier alpha value is -4.04. The molecule has 8 heteroatoms. The number of pyridine rings is 2. The molecule has 0 spiro atoms. The molecule has 1 aliphatic rings. The van der Waals surface area contributed by atoms with Gasteiger partial charge in [0, 0.05) is 22.7 Å². The van der Waals surface area contributed by atoms with E-state index >= 15 is 0 Å². The summed E-state index contributed by atoms with van der Waals surface area (Å²) in [7, 11) is 0. The largest absolute Gasteiger partial charge is 0.489 e. The number of nitrogens with zero attached hydrogens (tertiary/aromatic N) is 4. The van der Waals surface area contributed by atoms with Crippen molar-refractivity contribution in [3.8, 4) is 39.7 Å². The van der Waals surface area contributed by atoms with Crippen molar-refractivity contribution in [2.45, 2.75) is 38.2 Å². The predicted molar refractivity (Wildman–Crippen MR) is 143 cm³/mol. The highest BCUT2D eigenvalue weighted by molar-refractivity contribution is 7.08. The van der Waals surface area contributed by atoms with Crippen LogP contribution in [0.1, 0.15) is 32.1 Å². The molecule has 0 saturated heterocycles. The number of aromatic amines is 2. The normalized spacial score (nSPS) is 14.6. The summed E-state index contributed by atoms with van der Waals surface area (Å²) in [6.45, 7) is 0. The highest BCUT2D eigenvalue weighted by Gasteiger charge is 2.18. The minimum Gasteiger partial charge on any atom is -0.489 e. The first-order chi connectivity index (χ1) is 17.8. The van der Waals surface area contributed by atoms with Crippen LogP contribution in [0.15, 0.2) is 65.7 Å². The van der Waals surface area contributed by atoms with Gasteiger partial charge in [0.25, 0.3) is 0 Å². The van der Waals surface area contributed by atoms with E-state index in [4.69, 9.17) is 9.72 Å². The van der Waals surface area contributed by atoms with Crippen LogP contribution >= 0.6 is 11.3 Å². The topological polar surface area (TPSA) is 92.4 Å². The molecule has 0 amide bonds. The average molecular weight is 493 g/mol. The number of H-pyrrole nitrogens is 2. The zero-order chi connectivity index (χ0) is 23.9. The van der Waals surface area contributed by atoms with Crippen molar-refractivity contribution < 1.29 is 4.74 Å². The van der Waals surface area contributed by atoms with Gasteiger partial charge in [-0.1, -0.05) is 18.6 Å². The third-order valence-corrected chi connectivity index (χ3v) is 7.56. The number of fused-ring (bicyclic) bond motifs is 2. The summed E-state index contributed by atoms with van der Waals surface area (Å²) < 4.78 is 6.24. The summed E-state index contributed by atoms with van der Waals surface area (Å²) in [5, 5.41) is 12.9. The second kappa shape index (κ2) is 8.87. The molecule has 0 aliphatic heterocycles. The number of nitrogens with one attached hydrogen (secondary N) is 2. The van der Waals surface area contributed by atoms with Gasteiger partial charge in [0.05, 0.1) is 40.7 Å². The Balaban J connectivity index is 1.26. The van der Waals surface area contributed by atoms with Crippen LogP contribution in [-0.4, -0.2) is 36.2 Å². The standard InChI is InChI=1S/C28H24N6OS/c1-2-5-19(6-3-1)35-20-11-18(13-29-14-20)24-12-22-25(15-30-24)33-34-27(22)28-31-23-8-4-7-21(26(23)32-28)17-9-10-36-16-17/h4,7-16,19H,1-3,5-6H2,(H,31,32)(H,33,34). The van der Waals surface area contributed by atoms with E-state index in [-0.39, 0.29) is 6.10 Å². The summed E-state index contributed by atoms with van der Waals surface area (Å²) in [5.74, 6) is 1.52. The van der Waals surface area contributed by atoms with E-state index < -0.39 is 0 Å². The molecule has 5 heterocycles. The van der Waals surface area contributed by atoms with Crippen LogP contribution in [0, 0.1) is 0 Å². The smallest absolute Gasteiger partial charge is 0.159 e. The molecule has 7 rings (SSSR count). The third kappa shape index (κ3) is 3.83. The van der Waals surface area contributed by atoms with Gasteiger partial charge in [-0.15, -0.1) is 0 Å². The van der Waals surface area contributed by atoms with E-state index in [9.17, 15) is 0 Å². The van der Waals surface area contributed by atoms with Gasteiger partial charge in [-0.3, -0.25) is 15.1 Å². The van der Waals surface area contributed by atoms with Gasteiger partial charge in [-0.05, 0) is 66.3 Å². The molecule has 1 aliphatic carbocycles. The zero-order valence-electron chi connectivity index (χ0n) is 19.6. The van der Waals surface area contributed by atoms with Gasteiger partial charge in [0.1, 0.15) is 11.4 Å². The Morgan fingerprint density at radius 3 is 2.78 bits per heavy atom. The summed E-state index contributed by atoms with van der Waals surface area (Å²) in [6, 6.07) is 12.4. The number of aromatic nitrogens is 6. The maximum atomic E-state index is 6.24. The highest BCUT2D eigenvalue weighted by atomic mass is 32.1. The number of thiophene rings is 1. The minimum atomic E-state index is 0.277. The van der Waals surface area contributed by atoms with Crippen molar-refractivity contribution in [3.63, 3.8) is 0 Å². The van der Waals surface area contributed by atoms with E-state index in [0.29, 0.717) is 0 Å². The fourth-order valence-corrected chi connectivity index (χ4v) is 5.70. The molecule has 1 fully saturated rings. The van der Waals surface area contributed by atoms with Gasteiger partial charge in [0.2, 0.25) is 0 Å². The van der Waals surface area contributed by atoms with Gasteiger partial charge in [-0.2, -0.15) is 16.4 Å². The summed E-state index contributed by atoms with van der Waals surface area (Å²) in [5.41, 5.74) is 7.56. The number of imidazole rings is 1. The van der Waals surface area contributed by atoms with Gasteiger partial charge >= 0.3 is 0 Å². The average Bonchev–Trinajstić information content (AvgIpc) is 3.68. The maximum absolute atomic E-state index is 6.24. The lowest BCUT2D eigenvalue weighted by Gasteiger charge is -2.22. The molecule has 178 valence electrons. The number of benzene rings is 1. The fourth-order valence-electron chi connectivity index (χ4n) is 5.05. The van der Waals surface area contributed by atoms with Gasteiger partial charge < -0.3 is 9.72 Å². The molecule has 0 unspecified atom stereocenters. The summed E-state index contributed by atoms with van der Waals surface area (Å²) >= 11 is 1.68. The second-order valence-corrected chi connectivity index (χ2v) is 10.1. The van der Waals surface area contributed by atoms with Crippen LogP contribution in [0.2, 0.25) is 0 Å². The Morgan fingerprint density at radius 1 is 0.944 bits per heavy atom. The van der Waals surface area contributed by atoms with Crippen LogP contribution in [0.25, 0.3) is 55.8 Å².